The molecule has 2 heterocycles. The van der Waals surface area contributed by atoms with Crippen LogP contribution in [0.2, 0.25) is 5.02 Å². The first-order valence-corrected chi connectivity index (χ1v) is 21.2. The summed E-state index contributed by atoms with van der Waals surface area (Å²) in [5, 5.41) is 6.41. The van der Waals surface area contributed by atoms with Gasteiger partial charge in [0.25, 0.3) is 0 Å². The number of anilines is 1. The fourth-order valence-corrected chi connectivity index (χ4v) is 7.99. The molecule has 1 atom stereocenters. The predicted octanol–water partition coefficient (Wildman–Crippen LogP) is 8.79. The highest BCUT2D eigenvalue weighted by atomic mass is 35.5. The van der Waals surface area contributed by atoms with Gasteiger partial charge in [0.2, 0.25) is 5.91 Å². The minimum Gasteiger partial charge on any atom is -0.493 e. The minimum atomic E-state index is -0.745. The largest absolute Gasteiger partial charge is 0.493 e. The quantitative estimate of drug-likeness (QED) is 0.130. The summed E-state index contributed by atoms with van der Waals surface area (Å²) in [6, 6.07) is 27.2. The van der Waals surface area contributed by atoms with Gasteiger partial charge in [0.1, 0.15) is 29.8 Å². The minimum absolute atomic E-state index is 0.0854. The van der Waals surface area contributed by atoms with E-state index in [1.54, 1.807) is 12.1 Å². The fourth-order valence-electron chi connectivity index (χ4n) is 7.80. The van der Waals surface area contributed by atoms with E-state index in [-0.39, 0.29) is 24.2 Å². The summed E-state index contributed by atoms with van der Waals surface area (Å²) in [6.07, 6.45) is 1.07. The van der Waals surface area contributed by atoms with Gasteiger partial charge >= 0.3 is 12.2 Å². The zero-order valence-electron chi connectivity index (χ0n) is 35.1. The molecule has 3 amide bonds. The third kappa shape index (κ3) is 12.7. The summed E-state index contributed by atoms with van der Waals surface area (Å²) < 4.78 is 31.5. The molecule has 2 aliphatic rings. The average Bonchev–Trinajstić information content (AvgIpc) is 3.23. The van der Waals surface area contributed by atoms with Gasteiger partial charge < -0.3 is 29.3 Å². The average molecular weight is 842 g/mol. The Hall–Kier alpha value is -5.17. The molecule has 4 aromatic carbocycles. The standard InChI is InChI=1S/C47H57ClFN5O6/c1-5-58-42-13-9-12-41(49)40(42)31-53-26-28-54(29-27-53)44(55)43(51-45(56)59-32-33-10-7-6-8-11-33)35-20-23-52(24-21-35)25-22-36-30-37(48)16-19-39(36)34-14-17-38(18-15-34)50-46(57)60-47(2,3)4/h6-19,30,35,43H,5,20-29,31-32H2,1-4H3,(H,50,57)(H,51,56)/t43-/m1/s1. The van der Waals surface area contributed by atoms with E-state index in [0.29, 0.717) is 61.4 Å². The van der Waals surface area contributed by atoms with Gasteiger partial charge in [0.05, 0.1) is 6.61 Å². The molecule has 0 unspecified atom stereocenters. The summed E-state index contributed by atoms with van der Waals surface area (Å²) in [5.74, 6) is 0.0201. The van der Waals surface area contributed by atoms with Crippen molar-refractivity contribution < 1.29 is 33.0 Å². The van der Waals surface area contributed by atoms with Crippen LogP contribution in [0.15, 0.2) is 91.0 Å². The van der Waals surface area contributed by atoms with Crippen molar-refractivity contribution in [2.75, 3.05) is 57.7 Å². The van der Waals surface area contributed by atoms with Crippen LogP contribution in [0.5, 0.6) is 5.75 Å². The van der Waals surface area contributed by atoms with Crippen molar-refractivity contribution in [3.63, 3.8) is 0 Å². The van der Waals surface area contributed by atoms with Crippen molar-refractivity contribution in [3.05, 3.63) is 119 Å². The zero-order chi connectivity index (χ0) is 42.6. The Bertz CT molecular complexity index is 2050. The Kier molecular flexibility index (Phi) is 15.4. The Morgan fingerprint density at radius 1 is 0.850 bits per heavy atom. The van der Waals surface area contributed by atoms with Gasteiger partial charge in [-0.15, -0.1) is 0 Å². The number of ether oxygens (including phenoxy) is 3. The number of piperidine rings is 1. The molecule has 0 radical (unpaired) electrons. The van der Waals surface area contributed by atoms with Gasteiger partial charge in [-0.2, -0.15) is 0 Å². The lowest BCUT2D eigenvalue weighted by molar-refractivity contribution is -0.137. The second kappa shape index (κ2) is 20.9. The van der Waals surface area contributed by atoms with Crippen molar-refractivity contribution in [2.45, 2.75) is 71.8 Å². The second-order valence-electron chi connectivity index (χ2n) is 16.4. The van der Waals surface area contributed by atoms with E-state index in [4.69, 9.17) is 25.8 Å². The molecule has 0 bridgehead atoms. The Morgan fingerprint density at radius 2 is 1.57 bits per heavy atom. The van der Waals surface area contributed by atoms with Crippen LogP contribution in [-0.4, -0.2) is 96.9 Å². The topological polar surface area (TPSA) is 113 Å². The SMILES string of the molecule is CCOc1cccc(F)c1CN1CCN(C(=O)[C@H](NC(=O)OCc2ccccc2)C2CCN(CCc3cc(Cl)ccc3-c3ccc(NC(=O)OC(C)(C)C)cc3)CC2)CC1. The predicted molar refractivity (Wildman–Crippen MR) is 233 cm³/mol. The van der Waals surface area contributed by atoms with Crippen LogP contribution in [0.4, 0.5) is 19.7 Å². The molecule has 60 heavy (non-hydrogen) atoms. The number of piperazine rings is 1. The smallest absolute Gasteiger partial charge is 0.412 e. The van der Waals surface area contributed by atoms with Gasteiger partial charge in [0, 0.05) is 55.5 Å². The number of nitrogens with one attached hydrogen (secondary N) is 2. The third-order valence-corrected chi connectivity index (χ3v) is 11.1. The maximum atomic E-state index is 14.8. The first-order chi connectivity index (χ1) is 28.8. The van der Waals surface area contributed by atoms with Crippen LogP contribution < -0.4 is 15.4 Å². The number of hydrogen-bond acceptors (Lipinski definition) is 8. The molecule has 11 nitrogen and oxygen atoms in total. The molecular weight excluding hydrogens is 785 g/mol. The van der Waals surface area contributed by atoms with E-state index in [1.165, 1.54) is 6.07 Å². The third-order valence-electron chi connectivity index (χ3n) is 10.9. The van der Waals surface area contributed by atoms with Crippen molar-refractivity contribution in [2.24, 2.45) is 5.92 Å². The number of carbonyl (C=O) groups excluding carboxylic acids is 3. The summed E-state index contributed by atoms with van der Waals surface area (Å²) in [4.78, 5) is 46.2. The molecular formula is C47H57ClFN5O6. The van der Waals surface area contributed by atoms with Crippen LogP contribution >= 0.6 is 11.6 Å². The van der Waals surface area contributed by atoms with Crippen LogP contribution in [0.3, 0.4) is 0 Å². The fraction of sp³-hybridized carbons (Fsp3) is 0.426. The summed E-state index contributed by atoms with van der Waals surface area (Å²) in [5.41, 5.74) is 4.59. The second-order valence-corrected chi connectivity index (χ2v) is 16.8. The van der Waals surface area contributed by atoms with E-state index in [2.05, 4.69) is 20.4 Å². The maximum Gasteiger partial charge on any atom is 0.412 e. The van der Waals surface area contributed by atoms with Gasteiger partial charge in [-0.3, -0.25) is 15.0 Å². The summed E-state index contributed by atoms with van der Waals surface area (Å²) >= 11 is 6.50. The van der Waals surface area contributed by atoms with E-state index in [9.17, 15) is 18.8 Å². The highest BCUT2D eigenvalue weighted by Gasteiger charge is 2.37. The highest BCUT2D eigenvalue weighted by molar-refractivity contribution is 6.30. The molecule has 2 fully saturated rings. The van der Waals surface area contributed by atoms with Crippen molar-refractivity contribution in [3.8, 4) is 16.9 Å². The van der Waals surface area contributed by atoms with Gasteiger partial charge in [-0.1, -0.05) is 66.2 Å². The molecule has 0 aromatic heterocycles. The van der Waals surface area contributed by atoms with E-state index < -0.39 is 23.8 Å². The number of halogens is 2. The van der Waals surface area contributed by atoms with E-state index >= 15 is 0 Å². The first-order valence-electron chi connectivity index (χ1n) is 20.8. The number of hydrogen-bond donors (Lipinski definition) is 2. The molecule has 0 spiro atoms. The lowest BCUT2D eigenvalue weighted by atomic mass is 9.88. The van der Waals surface area contributed by atoms with Crippen molar-refractivity contribution in [1.82, 2.24) is 20.0 Å². The number of alkyl carbamates (subject to hydrolysis) is 1. The highest BCUT2D eigenvalue weighted by Crippen LogP contribution is 2.30. The molecule has 2 saturated heterocycles. The monoisotopic (exact) mass is 841 g/mol. The maximum absolute atomic E-state index is 14.8. The molecule has 2 N–H and O–H groups in total. The molecule has 4 aromatic rings. The summed E-state index contributed by atoms with van der Waals surface area (Å²) in [7, 11) is 0. The molecule has 6 rings (SSSR count). The molecule has 13 heteroatoms. The van der Waals surface area contributed by atoms with Crippen LogP contribution in [0, 0.1) is 11.7 Å². The van der Waals surface area contributed by atoms with E-state index in [0.717, 1.165) is 61.2 Å². The molecule has 2 aliphatic heterocycles. The zero-order valence-corrected chi connectivity index (χ0v) is 35.8. The number of carbonyl (C=O) groups is 3. The van der Waals surface area contributed by atoms with Gasteiger partial charge in [0.15, 0.2) is 0 Å². The number of rotatable bonds is 14. The lowest BCUT2D eigenvalue weighted by Crippen LogP contribution is -2.58. The van der Waals surface area contributed by atoms with Crippen LogP contribution in [0.25, 0.3) is 11.1 Å². The van der Waals surface area contributed by atoms with Crippen LogP contribution in [0.1, 0.15) is 57.2 Å². The first kappa shape index (κ1) is 44.4. The van der Waals surface area contributed by atoms with Crippen LogP contribution in [-0.2, 0) is 33.8 Å². The Balaban J connectivity index is 1.07. The number of amides is 3. The normalized spacial score (nSPS) is 15.9. The number of benzene rings is 4. The lowest BCUT2D eigenvalue weighted by Gasteiger charge is -2.40. The van der Waals surface area contributed by atoms with Crippen molar-refractivity contribution in [1.29, 1.82) is 0 Å². The molecule has 0 saturated carbocycles. The number of nitrogens with zero attached hydrogens (tertiary/aromatic N) is 3. The van der Waals surface area contributed by atoms with Crippen molar-refractivity contribution >= 4 is 35.4 Å². The van der Waals surface area contributed by atoms with E-state index in [1.807, 2.05) is 105 Å². The van der Waals surface area contributed by atoms with Gasteiger partial charge in [-0.25, -0.2) is 14.0 Å². The number of likely N-dealkylation sites (tertiary alicyclic amines) is 1. The van der Waals surface area contributed by atoms with Gasteiger partial charge in [-0.05, 0) is 125 Å². The Labute approximate surface area is 358 Å². The summed E-state index contributed by atoms with van der Waals surface area (Å²) in [6.45, 7) is 12.6. The molecule has 320 valence electrons. The Morgan fingerprint density at radius 3 is 2.25 bits per heavy atom. The molecule has 0 aliphatic carbocycles.